The lowest BCUT2D eigenvalue weighted by Gasteiger charge is -2.49. The minimum atomic E-state index is -1.57. The highest BCUT2D eigenvalue weighted by atomic mass is 16.7. The summed E-state index contributed by atoms with van der Waals surface area (Å²) in [4.78, 5) is 0. The molecule has 0 aromatic carbocycles. The molecule has 3 heterocycles. The van der Waals surface area contributed by atoms with Crippen molar-refractivity contribution in [2.24, 2.45) is 0 Å². The molecule has 11 heteroatoms. The van der Waals surface area contributed by atoms with Crippen molar-refractivity contribution in [1.82, 2.24) is 0 Å². The Balaban J connectivity index is 1.62. The number of aliphatic hydroxyl groups excluding tert-OH is 6. The van der Waals surface area contributed by atoms with Crippen LogP contribution in [0.2, 0.25) is 0 Å². The molecule has 3 saturated heterocycles. The summed E-state index contributed by atoms with van der Waals surface area (Å²) in [6, 6.07) is 0. The molecule has 3 rings (SSSR count). The van der Waals surface area contributed by atoms with Crippen LogP contribution in [-0.4, -0.2) is 116 Å². The minimum absolute atomic E-state index is 0.246. The minimum Gasteiger partial charge on any atom is -0.388 e. The first-order valence-electron chi connectivity index (χ1n) is 10.8. The van der Waals surface area contributed by atoms with Crippen molar-refractivity contribution in [2.75, 3.05) is 13.2 Å². The SMILES string of the molecule is C=CC1(C)CCC(OC2OC(COC3OCC(O)C(O)C3O)C(O)C(O)C2O)C(C)(C)O1. The Hall–Kier alpha value is -0.700. The molecule has 0 spiro atoms. The molecule has 6 N–H and O–H groups in total. The zero-order valence-corrected chi connectivity index (χ0v) is 18.6. The maximum atomic E-state index is 10.4. The van der Waals surface area contributed by atoms with Crippen LogP contribution in [0.1, 0.15) is 33.6 Å². The van der Waals surface area contributed by atoms with E-state index in [1.165, 1.54) is 0 Å². The van der Waals surface area contributed by atoms with Gasteiger partial charge in [0.2, 0.25) is 0 Å². The van der Waals surface area contributed by atoms with Crippen molar-refractivity contribution in [2.45, 2.75) is 106 Å². The smallest absolute Gasteiger partial charge is 0.187 e. The maximum absolute atomic E-state index is 10.4. The van der Waals surface area contributed by atoms with E-state index in [1.807, 2.05) is 20.8 Å². The van der Waals surface area contributed by atoms with E-state index in [1.54, 1.807) is 6.08 Å². The molecule has 3 fully saturated rings. The fourth-order valence-corrected chi connectivity index (χ4v) is 4.30. The van der Waals surface area contributed by atoms with Crippen molar-refractivity contribution in [3.63, 3.8) is 0 Å². The molecule has 0 aliphatic carbocycles. The van der Waals surface area contributed by atoms with Crippen LogP contribution in [0.3, 0.4) is 0 Å². The second-order valence-corrected chi connectivity index (χ2v) is 9.48. The molecule has 0 bridgehead atoms. The van der Waals surface area contributed by atoms with Gasteiger partial charge >= 0.3 is 0 Å². The van der Waals surface area contributed by atoms with E-state index in [4.69, 9.17) is 23.7 Å². The first-order chi connectivity index (χ1) is 14.9. The average molecular weight is 465 g/mol. The molecule has 0 saturated carbocycles. The summed E-state index contributed by atoms with van der Waals surface area (Å²) < 4.78 is 28.4. The molecule has 3 aliphatic heterocycles. The summed E-state index contributed by atoms with van der Waals surface area (Å²) in [5, 5.41) is 60.3. The van der Waals surface area contributed by atoms with Gasteiger partial charge in [-0.3, -0.25) is 0 Å². The number of rotatable bonds is 6. The fraction of sp³-hybridized carbons (Fsp3) is 0.905. The number of hydrogen-bond donors (Lipinski definition) is 6. The van der Waals surface area contributed by atoms with Crippen LogP contribution >= 0.6 is 0 Å². The summed E-state index contributed by atoms with van der Waals surface area (Å²) in [6.07, 6.45) is -9.98. The second kappa shape index (κ2) is 9.88. The zero-order valence-electron chi connectivity index (χ0n) is 18.6. The maximum Gasteiger partial charge on any atom is 0.187 e. The molecule has 186 valence electrons. The second-order valence-electron chi connectivity index (χ2n) is 9.48. The average Bonchev–Trinajstić information content (AvgIpc) is 2.74. The molecular formula is C21H36O11. The summed E-state index contributed by atoms with van der Waals surface area (Å²) in [6.45, 7) is 8.85. The van der Waals surface area contributed by atoms with Crippen LogP contribution in [0.4, 0.5) is 0 Å². The van der Waals surface area contributed by atoms with Gasteiger partial charge in [-0.15, -0.1) is 6.58 Å². The van der Waals surface area contributed by atoms with Crippen LogP contribution in [-0.2, 0) is 23.7 Å². The number of aliphatic hydroxyl groups is 6. The van der Waals surface area contributed by atoms with Gasteiger partial charge in [-0.2, -0.15) is 0 Å². The van der Waals surface area contributed by atoms with Crippen molar-refractivity contribution < 1.29 is 54.3 Å². The van der Waals surface area contributed by atoms with Gasteiger partial charge in [0.1, 0.15) is 42.7 Å². The van der Waals surface area contributed by atoms with Gasteiger partial charge < -0.3 is 54.3 Å². The Morgan fingerprint density at radius 1 is 0.938 bits per heavy atom. The molecule has 0 aromatic heterocycles. The largest absolute Gasteiger partial charge is 0.388 e. The van der Waals surface area contributed by atoms with Gasteiger partial charge in [-0.1, -0.05) is 6.08 Å². The summed E-state index contributed by atoms with van der Waals surface area (Å²) >= 11 is 0. The molecule has 0 amide bonds. The highest BCUT2D eigenvalue weighted by Crippen LogP contribution is 2.39. The standard InChI is InChI=1S/C21H36O11/c1-5-21(4)7-6-12(20(2,3)32-21)31-19-17(27)15(25)14(24)11(30-19)9-29-18-16(26)13(23)10(22)8-28-18/h5,10-19,22-27H,1,6-9H2,2-4H3. The first kappa shape index (κ1) is 25.9. The lowest BCUT2D eigenvalue weighted by atomic mass is 9.85. The van der Waals surface area contributed by atoms with E-state index < -0.39 is 72.6 Å². The van der Waals surface area contributed by atoms with Crippen molar-refractivity contribution >= 4 is 0 Å². The summed E-state index contributed by atoms with van der Waals surface area (Å²) in [5.41, 5.74) is -1.26. The third kappa shape index (κ3) is 5.34. The monoisotopic (exact) mass is 464 g/mol. The highest BCUT2D eigenvalue weighted by Gasteiger charge is 2.50. The lowest BCUT2D eigenvalue weighted by Crippen LogP contribution is -2.62. The Bertz CT molecular complexity index is 645. The molecule has 3 aliphatic rings. The molecular weight excluding hydrogens is 428 g/mol. The van der Waals surface area contributed by atoms with E-state index >= 15 is 0 Å². The Morgan fingerprint density at radius 3 is 2.22 bits per heavy atom. The van der Waals surface area contributed by atoms with Crippen molar-refractivity contribution in [1.29, 1.82) is 0 Å². The molecule has 11 atom stereocenters. The van der Waals surface area contributed by atoms with E-state index in [2.05, 4.69) is 6.58 Å². The molecule has 11 nitrogen and oxygen atoms in total. The van der Waals surface area contributed by atoms with Gasteiger partial charge in [0.25, 0.3) is 0 Å². The van der Waals surface area contributed by atoms with Gasteiger partial charge in [0.15, 0.2) is 12.6 Å². The van der Waals surface area contributed by atoms with Crippen LogP contribution in [0.25, 0.3) is 0 Å². The zero-order chi connectivity index (χ0) is 23.8. The molecule has 0 radical (unpaired) electrons. The van der Waals surface area contributed by atoms with Crippen molar-refractivity contribution in [3.05, 3.63) is 12.7 Å². The quantitative estimate of drug-likeness (QED) is 0.245. The van der Waals surface area contributed by atoms with Crippen molar-refractivity contribution in [3.8, 4) is 0 Å². The molecule has 32 heavy (non-hydrogen) atoms. The van der Waals surface area contributed by atoms with Crippen LogP contribution in [0.15, 0.2) is 12.7 Å². The van der Waals surface area contributed by atoms with E-state index in [0.29, 0.717) is 12.8 Å². The third-order valence-electron chi connectivity index (χ3n) is 6.45. The van der Waals surface area contributed by atoms with Gasteiger partial charge in [-0.25, -0.2) is 0 Å². The lowest BCUT2D eigenvalue weighted by molar-refractivity contribution is -0.344. The van der Waals surface area contributed by atoms with Crippen LogP contribution in [0, 0.1) is 0 Å². The predicted molar refractivity (Wildman–Crippen MR) is 108 cm³/mol. The summed E-state index contributed by atoms with van der Waals surface area (Å²) in [7, 11) is 0. The van der Waals surface area contributed by atoms with E-state index in [-0.39, 0.29) is 13.2 Å². The van der Waals surface area contributed by atoms with Crippen LogP contribution in [0.5, 0.6) is 0 Å². The number of hydrogen-bond acceptors (Lipinski definition) is 11. The van der Waals surface area contributed by atoms with Gasteiger partial charge in [-0.05, 0) is 33.6 Å². The predicted octanol–water partition coefficient (Wildman–Crippen LogP) is -1.83. The van der Waals surface area contributed by atoms with Gasteiger partial charge in [0.05, 0.1) is 30.5 Å². The fourth-order valence-electron chi connectivity index (χ4n) is 4.30. The first-order valence-corrected chi connectivity index (χ1v) is 10.8. The Morgan fingerprint density at radius 2 is 1.59 bits per heavy atom. The summed E-state index contributed by atoms with van der Waals surface area (Å²) in [5.74, 6) is 0. The molecule has 11 unspecified atom stereocenters. The molecule has 0 aromatic rings. The van der Waals surface area contributed by atoms with Gasteiger partial charge in [0, 0.05) is 0 Å². The Kier molecular flexibility index (Phi) is 8.00. The topological polar surface area (TPSA) is 168 Å². The highest BCUT2D eigenvalue weighted by molar-refractivity contribution is 5.02. The number of ether oxygens (including phenoxy) is 5. The Labute approximate surface area is 187 Å². The third-order valence-corrected chi connectivity index (χ3v) is 6.45. The van der Waals surface area contributed by atoms with E-state index in [9.17, 15) is 30.6 Å². The normalized spacial score (nSPS) is 49.5. The van der Waals surface area contributed by atoms with Crippen LogP contribution < -0.4 is 0 Å². The van der Waals surface area contributed by atoms with E-state index in [0.717, 1.165) is 0 Å².